The number of pyridine rings is 1. The van der Waals surface area contributed by atoms with Crippen molar-refractivity contribution < 1.29 is 23.8 Å². The number of hydrogen-bond acceptors (Lipinski definition) is 9. The second kappa shape index (κ2) is 13.6. The summed E-state index contributed by atoms with van der Waals surface area (Å²) in [6, 6.07) is 9.66. The maximum atomic E-state index is 14.8. The lowest BCUT2D eigenvalue weighted by Gasteiger charge is -2.36. The zero-order valence-electron chi connectivity index (χ0n) is 21.9. The van der Waals surface area contributed by atoms with Crippen LogP contribution in [0.15, 0.2) is 65.1 Å². The normalized spacial score (nSPS) is 14.2. The van der Waals surface area contributed by atoms with Crippen LogP contribution in [0.25, 0.3) is 10.9 Å². The summed E-state index contributed by atoms with van der Waals surface area (Å²) in [5.41, 5.74) is 0.993. The van der Waals surface area contributed by atoms with E-state index in [0.717, 1.165) is 22.6 Å². The summed E-state index contributed by atoms with van der Waals surface area (Å²) >= 11 is 0. The summed E-state index contributed by atoms with van der Waals surface area (Å²) in [5, 5.41) is 9.93. The summed E-state index contributed by atoms with van der Waals surface area (Å²) < 4.78 is 20.1. The molecule has 12 nitrogen and oxygen atoms in total. The lowest BCUT2D eigenvalue weighted by atomic mass is 10.1. The minimum absolute atomic E-state index is 0.0521. The number of hydrazine groups is 1. The van der Waals surface area contributed by atoms with Crippen LogP contribution in [0.2, 0.25) is 0 Å². The maximum Gasteiger partial charge on any atom is 0.295 e. The Labute approximate surface area is 230 Å². The van der Waals surface area contributed by atoms with Crippen LogP contribution in [-0.4, -0.2) is 102 Å². The average Bonchev–Trinajstić information content (AvgIpc) is 3.44. The molecule has 2 aromatic heterocycles. The zero-order valence-corrected chi connectivity index (χ0v) is 21.9. The molecule has 1 saturated heterocycles. The number of H-pyrrole nitrogens is 1. The number of aromatic amines is 1. The Balaban J connectivity index is 1.48. The lowest BCUT2D eigenvalue weighted by Crippen LogP contribution is -2.52. The van der Waals surface area contributed by atoms with Crippen LogP contribution in [0.1, 0.15) is 15.9 Å². The molecule has 1 aliphatic rings. The minimum Gasteiger partial charge on any atom is -0.394 e. The van der Waals surface area contributed by atoms with E-state index in [1.807, 2.05) is 30.3 Å². The molecule has 1 fully saturated rings. The molecule has 4 N–H and O–H groups in total. The SMILES string of the molecule is C=N/C=C\N(N)c1ncc(F)c2c(C(=O)C(=O)N3CCN(C(=NCCOCCO)c4ccccc4)CC3)c[nH]c12. The van der Waals surface area contributed by atoms with E-state index in [4.69, 9.17) is 20.7 Å². The average molecular weight is 551 g/mol. The first kappa shape index (κ1) is 28.5. The molecular formula is C27H31FN8O4. The number of anilines is 1. The highest BCUT2D eigenvalue weighted by atomic mass is 19.1. The number of halogens is 1. The molecule has 0 atom stereocenters. The molecule has 3 aromatic rings. The van der Waals surface area contributed by atoms with Gasteiger partial charge in [0.05, 0.1) is 49.0 Å². The topological polar surface area (TPSA) is 153 Å². The molecule has 0 saturated carbocycles. The molecule has 0 bridgehead atoms. The van der Waals surface area contributed by atoms with Crippen LogP contribution in [-0.2, 0) is 9.53 Å². The van der Waals surface area contributed by atoms with Gasteiger partial charge < -0.3 is 24.6 Å². The highest BCUT2D eigenvalue weighted by Gasteiger charge is 2.31. The third-order valence-electron chi connectivity index (χ3n) is 6.29. The number of aliphatic imine (C=N–C) groups is 2. The van der Waals surface area contributed by atoms with Crippen molar-refractivity contribution in [1.82, 2.24) is 19.8 Å². The number of amides is 1. The Kier molecular flexibility index (Phi) is 9.67. The van der Waals surface area contributed by atoms with Crippen LogP contribution in [0.5, 0.6) is 0 Å². The van der Waals surface area contributed by atoms with Crippen molar-refractivity contribution >= 4 is 41.0 Å². The molecule has 40 heavy (non-hydrogen) atoms. The predicted molar refractivity (Wildman–Crippen MR) is 150 cm³/mol. The molecule has 0 unspecified atom stereocenters. The summed E-state index contributed by atoms with van der Waals surface area (Å²) in [4.78, 5) is 45.0. The summed E-state index contributed by atoms with van der Waals surface area (Å²) in [5.74, 6) is 4.54. The molecule has 0 aliphatic carbocycles. The third-order valence-corrected chi connectivity index (χ3v) is 6.29. The second-order valence-electron chi connectivity index (χ2n) is 8.79. The van der Waals surface area contributed by atoms with Gasteiger partial charge in [0, 0.05) is 50.3 Å². The van der Waals surface area contributed by atoms with Crippen LogP contribution in [0.3, 0.4) is 0 Å². The number of carbonyl (C=O) groups is 2. The Morgan fingerprint density at radius 2 is 1.93 bits per heavy atom. The van der Waals surface area contributed by atoms with Gasteiger partial charge in [-0.15, -0.1) is 0 Å². The number of nitrogens with two attached hydrogens (primary N) is 1. The quantitative estimate of drug-likeness (QED) is 0.0615. The lowest BCUT2D eigenvalue weighted by molar-refractivity contribution is -0.127. The van der Waals surface area contributed by atoms with E-state index in [9.17, 15) is 14.0 Å². The number of aliphatic hydroxyl groups is 1. The number of fused-ring (bicyclic) bond motifs is 1. The Hall–Kier alpha value is -4.46. The molecule has 13 heteroatoms. The van der Waals surface area contributed by atoms with Crippen LogP contribution >= 0.6 is 0 Å². The number of carbonyl (C=O) groups excluding carboxylic acids is 2. The molecule has 4 rings (SSSR count). The standard InChI is InChI=1S/C27H31FN8O4/c1-30-7-9-36(29)26-23-22(21(28)18-33-26)20(17-32-23)24(38)27(39)35-12-10-34(11-13-35)25(19-5-3-2-4-6-19)31-8-15-40-16-14-37/h2-7,9,17-18,32,37H,1,8,10-16,29H2/b9-7-,31-25?. The summed E-state index contributed by atoms with van der Waals surface area (Å²) in [6.45, 7) is 5.77. The Morgan fingerprint density at radius 1 is 1.20 bits per heavy atom. The number of benzene rings is 1. The van der Waals surface area contributed by atoms with Gasteiger partial charge in [0.15, 0.2) is 11.6 Å². The van der Waals surface area contributed by atoms with Crippen molar-refractivity contribution in [3.63, 3.8) is 0 Å². The number of nitrogens with one attached hydrogen (secondary N) is 1. The van der Waals surface area contributed by atoms with Crippen molar-refractivity contribution in [2.75, 3.05) is 57.6 Å². The fraction of sp³-hybridized carbons (Fsp3) is 0.296. The number of ether oxygens (including phenoxy) is 1. The monoisotopic (exact) mass is 550 g/mol. The van der Waals surface area contributed by atoms with Gasteiger partial charge in [0.2, 0.25) is 0 Å². The predicted octanol–water partition coefficient (Wildman–Crippen LogP) is 1.34. The van der Waals surface area contributed by atoms with Gasteiger partial charge in [-0.3, -0.25) is 24.6 Å². The molecule has 1 aliphatic heterocycles. The minimum atomic E-state index is -0.833. The van der Waals surface area contributed by atoms with Gasteiger partial charge in [-0.05, 0) is 6.72 Å². The largest absolute Gasteiger partial charge is 0.394 e. The zero-order chi connectivity index (χ0) is 28.5. The van der Waals surface area contributed by atoms with Crippen LogP contribution < -0.4 is 10.9 Å². The highest BCUT2D eigenvalue weighted by molar-refractivity contribution is 6.45. The molecule has 0 radical (unpaired) electrons. The number of amidine groups is 1. The van der Waals surface area contributed by atoms with E-state index in [2.05, 4.69) is 26.6 Å². The molecule has 210 valence electrons. The van der Waals surface area contributed by atoms with Crippen molar-refractivity contribution in [3.8, 4) is 0 Å². The van der Waals surface area contributed by atoms with E-state index in [0.29, 0.717) is 26.2 Å². The van der Waals surface area contributed by atoms with E-state index in [1.165, 1.54) is 23.5 Å². The Morgan fingerprint density at radius 3 is 2.62 bits per heavy atom. The number of hydrogen-bond donors (Lipinski definition) is 3. The molecule has 3 heterocycles. The van der Waals surface area contributed by atoms with Crippen molar-refractivity contribution in [1.29, 1.82) is 0 Å². The van der Waals surface area contributed by atoms with Gasteiger partial charge in [0.1, 0.15) is 5.84 Å². The van der Waals surface area contributed by atoms with Gasteiger partial charge in [0.25, 0.3) is 11.7 Å². The van der Waals surface area contributed by atoms with Gasteiger partial charge >= 0.3 is 0 Å². The number of aliphatic hydroxyl groups excluding tert-OH is 1. The van der Waals surface area contributed by atoms with E-state index in [-0.39, 0.29) is 48.6 Å². The highest BCUT2D eigenvalue weighted by Crippen LogP contribution is 2.28. The fourth-order valence-corrected chi connectivity index (χ4v) is 4.38. The number of Topliss-reactive ketones (excluding diaryl/α,β-unsaturated/α-hetero) is 1. The molecule has 1 aromatic carbocycles. The maximum absolute atomic E-state index is 14.8. The van der Waals surface area contributed by atoms with Gasteiger partial charge in [-0.25, -0.2) is 15.2 Å². The number of aromatic nitrogens is 2. The first-order valence-electron chi connectivity index (χ1n) is 12.6. The van der Waals surface area contributed by atoms with Crippen molar-refractivity contribution in [2.45, 2.75) is 0 Å². The molecular weight excluding hydrogens is 519 g/mol. The smallest absolute Gasteiger partial charge is 0.295 e. The number of ketones is 1. The Bertz CT molecular complexity index is 1400. The number of nitrogens with zero attached hydrogens (tertiary/aromatic N) is 6. The summed E-state index contributed by atoms with van der Waals surface area (Å²) in [6.07, 6.45) is 4.93. The second-order valence-corrected chi connectivity index (χ2v) is 8.79. The molecule has 1 amide bonds. The first-order chi connectivity index (χ1) is 19.5. The van der Waals surface area contributed by atoms with Crippen molar-refractivity contribution in [3.05, 3.63) is 72.1 Å². The van der Waals surface area contributed by atoms with Crippen molar-refractivity contribution in [2.24, 2.45) is 15.8 Å². The van der Waals surface area contributed by atoms with E-state index >= 15 is 0 Å². The first-order valence-corrected chi connectivity index (χ1v) is 12.6. The molecule has 0 spiro atoms. The third kappa shape index (κ3) is 6.39. The van der Waals surface area contributed by atoms with E-state index in [1.54, 1.807) is 0 Å². The van der Waals surface area contributed by atoms with Crippen LogP contribution in [0, 0.1) is 5.82 Å². The number of piperazine rings is 1. The van der Waals surface area contributed by atoms with E-state index < -0.39 is 17.5 Å². The fourth-order valence-electron chi connectivity index (χ4n) is 4.38. The summed E-state index contributed by atoms with van der Waals surface area (Å²) in [7, 11) is 0. The van der Waals surface area contributed by atoms with Crippen LogP contribution in [0.4, 0.5) is 10.2 Å². The van der Waals surface area contributed by atoms with Gasteiger partial charge in [-0.2, -0.15) is 0 Å². The number of rotatable bonds is 11. The van der Waals surface area contributed by atoms with Gasteiger partial charge in [-0.1, -0.05) is 30.3 Å².